The van der Waals surface area contributed by atoms with Gasteiger partial charge >= 0.3 is 12.2 Å². The van der Waals surface area contributed by atoms with Crippen LogP contribution in [0, 0.1) is 28.6 Å². The van der Waals surface area contributed by atoms with E-state index in [1.807, 2.05) is 13.0 Å². The molecule has 10 nitrogen and oxygen atoms in total. The van der Waals surface area contributed by atoms with Crippen LogP contribution in [0.15, 0.2) is 23.8 Å². The highest BCUT2D eigenvalue weighted by atomic mass is 16.7. The van der Waals surface area contributed by atoms with E-state index in [1.54, 1.807) is 33.8 Å². The second-order valence-corrected chi connectivity index (χ2v) is 13.0. The summed E-state index contributed by atoms with van der Waals surface area (Å²) in [5.41, 5.74) is -2.95. The Bertz CT molecular complexity index is 1150. The average Bonchev–Trinajstić information content (AvgIpc) is 3.12. The van der Waals surface area contributed by atoms with Crippen LogP contribution in [0.2, 0.25) is 0 Å². The molecule has 1 amide bonds. The molecule has 0 spiro atoms. The maximum atomic E-state index is 13.7. The maximum Gasteiger partial charge on any atom is 0.508 e. The fraction of sp³-hybridized carbons (Fsp3) is 0.700. The summed E-state index contributed by atoms with van der Waals surface area (Å²) in [4.78, 5) is 62.6. The monoisotopic (exact) mass is 559 g/mol. The Labute approximate surface area is 234 Å². The lowest BCUT2D eigenvalue weighted by molar-refractivity contribution is -0.169. The van der Waals surface area contributed by atoms with Crippen molar-refractivity contribution in [1.82, 2.24) is 5.32 Å². The number of carbonyl (C=O) groups is 5. The number of rotatable bonds is 7. The molecule has 0 aliphatic heterocycles. The van der Waals surface area contributed by atoms with E-state index in [1.165, 1.54) is 6.08 Å². The zero-order chi connectivity index (χ0) is 29.5. The molecule has 0 aromatic rings. The van der Waals surface area contributed by atoms with Gasteiger partial charge in [0.25, 0.3) is 0 Å². The predicted molar refractivity (Wildman–Crippen MR) is 143 cm³/mol. The Kier molecular flexibility index (Phi) is 8.06. The van der Waals surface area contributed by atoms with Gasteiger partial charge in [-0.05, 0) is 76.9 Å². The molecule has 0 aromatic heterocycles. The number of amides is 1. The van der Waals surface area contributed by atoms with Gasteiger partial charge in [0.1, 0.15) is 17.0 Å². The van der Waals surface area contributed by atoms with Crippen LogP contribution in [0.1, 0.15) is 73.1 Å². The predicted octanol–water partition coefficient (Wildman–Crippen LogP) is 3.84. The first-order valence-corrected chi connectivity index (χ1v) is 14.1. The number of ether oxygens (including phenoxy) is 3. The van der Waals surface area contributed by atoms with Crippen molar-refractivity contribution in [3.05, 3.63) is 23.8 Å². The number of aliphatic hydroxyl groups is 1. The second-order valence-electron chi connectivity index (χ2n) is 13.0. The quantitative estimate of drug-likeness (QED) is 0.351. The molecule has 6 atom stereocenters. The topological polar surface area (TPSA) is 145 Å². The fourth-order valence-electron chi connectivity index (χ4n) is 7.51. The Balaban J connectivity index is 1.31. The van der Waals surface area contributed by atoms with Gasteiger partial charge in [-0.1, -0.05) is 25.5 Å². The van der Waals surface area contributed by atoms with Gasteiger partial charge in [-0.2, -0.15) is 0 Å². The lowest BCUT2D eigenvalue weighted by atomic mass is 9.46. The molecule has 10 heteroatoms. The number of carbonyl (C=O) groups excluding carboxylic acids is 5. The van der Waals surface area contributed by atoms with Crippen LogP contribution in [0.4, 0.5) is 9.59 Å². The fourth-order valence-corrected chi connectivity index (χ4v) is 7.51. The average molecular weight is 560 g/mol. The Morgan fingerprint density at radius 3 is 2.55 bits per heavy atom. The summed E-state index contributed by atoms with van der Waals surface area (Å²) >= 11 is 0. The molecule has 0 unspecified atom stereocenters. The summed E-state index contributed by atoms with van der Waals surface area (Å²) in [6, 6.07) is 0. The molecular formula is C30H41NO9. The molecule has 4 rings (SSSR count). The van der Waals surface area contributed by atoms with E-state index in [0.717, 1.165) is 12.0 Å². The molecule has 0 aromatic carbocycles. The number of Topliss-reactive ketones (excluding diaryl/α,β-unsaturated/α-hetero) is 2. The number of hydrogen-bond acceptors (Lipinski definition) is 9. The lowest BCUT2D eigenvalue weighted by Gasteiger charge is -2.56. The molecule has 40 heavy (non-hydrogen) atoms. The summed E-state index contributed by atoms with van der Waals surface area (Å²) in [5.74, 6) is -1.09. The number of ketones is 3. The van der Waals surface area contributed by atoms with E-state index < -0.39 is 46.7 Å². The van der Waals surface area contributed by atoms with E-state index in [4.69, 9.17) is 14.2 Å². The number of alkyl carbamates (subject to hydrolysis) is 1. The van der Waals surface area contributed by atoms with Crippen LogP contribution in [0.3, 0.4) is 0 Å². The lowest BCUT2D eigenvalue weighted by Crippen LogP contribution is -2.60. The zero-order valence-corrected chi connectivity index (χ0v) is 24.0. The Hall–Kier alpha value is -3.01. The molecule has 3 fully saturated rings. The van der Waals surface area contributed by atoms with Gasteiger partial charge < -0.3 is 24.6 Å². The van der Waals surface area contributed by atoms with Crippen LogP contribution in [-0.4, -0.2) is 65.7 Å². The highest BCUT2D eigenvalue weighted by molar-refractivity contribution is 6.02. The minimum absolute atomic E-state index is 0.00991. The van der Waals surface area contributed by atoms with Crippen LogP contribution in [0.5, 0.6) is 0 Å². The van der Waals surface area contributed by atoms with Crippen molar-refractivity contribution in [2.45, 2.75) is 84.3 Å². The van der Waals surface area contributed by atoms with Crippen LogP contribution in [-0.2, 0) is 28.6 Å². The second kappa shape index (κ2) is 10.8. The van der Waals surface area contributed by atoms with Gasteiger partial charge in [0.2, 0.25) is 5.78 Å². The normalized spacial score (nSPS) is 34.6. The Morgan fingerprint density at radius 2 is 1.85 bits per heavy atom. The van der Waals surface area contributed by atoms with E-state index >= 15 is 0 Å². The first-order valence-electron chi connectivity index (χ1n) is 14.1. The number of allylic oxidation sites excluding steroid dienone is 4. The van der Waals surface area contributed by atoms with Gasteiger partial charge in [0.05, 0.1) is 6.61 Å². The molecule has 4 aliphatic rings. The first-order chi connectivity index (χ1) is 18.6. The van der Waals surface area contributed by atoms with Crippen molar-refractivity contribution in [1.29, 1.82) is 0 Å². The van der Waals surface area contributed by atoms with Gasteiger partial charge in [-0.25, -0.2) is 9.59 Å². The van der Waals surface area contributed by atoms with Crippen LogP contribution >= 0.6 is 0 Å². The minimum atomic E-state index is -1.80. The molecule has 4 aliphatic carbocycles. The smallest absolute Gasteiger partial charge is 0.444 e. The standard InChI is InChI=1S/C30H41NO9/c1-27(2,3)40-25(35)31-13-6-14-38-26(36)39-17-23(34)30(37)12-10-21-20-8-7-18-15-19(32)9-11-28(18,4)24(20)22(33)16-29(21,30)5/h9,11,15,20-21,24,37H,6-8,10,12-14,16-17H2,1-5H3,(H,31,35)/t20-,21-,24+,28-,29-,30-/m0/s1. The van der Waals surface area contributed by atoms with Gasteiger partial charge in [0, 0.05) is 29.7 Å². The summed E-state index contributed by atoms with van der Waals surface area (Å²) in [6.07, 6.45) is 5.97. The third-order valence-electron chi connectivity index (χ3n) is 9.40. The van der Waals surface area contributed by atoms with Crippen molar-refractivity contribution in [3.8, 4) is 0 Å². The number of nitrogens with one attached hydrogen (secondary N) is 1. The molecule has 3 saturated carbocycles. The van der Waals surface area contributed by atoms with Crippen LogP contribution < -0.4 is 5.32 Å². The largest absolute Gasteiger partial charge is 0.508 e. The van der Waals surface area contributed by atoms with Gasteiger partial charge in [-0.3, -0.25) is 14.4 Å². The summed E-state index contributed by atoms with van der Waals surface area (Å²) in [7, 11) is 0. The molecule has 2 N–H and O–H groups in total. The SMILES string of the molecule is CC(C)(C)OC(=O)NCCCOC(=O)OCC(=O)[C@@]1(O)CC[C@H]2[C@@H]3CCC4=CC(=O)C=C[C@]4(C)[C@H]3C(=O)C[C@@]21C. The molecule has 0 bridgehead atoms. The number of hydrogen-bond donors (Lipinski definition) is 2. The highest BCUT2D eigenvalue weighted by Crippen LogP contribution is 2.66. The molecule has 0 heterocycles. The first kappa shape index (κ1) is 30.0. The van der Waals surface area contributed by atoms with Crippen molar-refractivity contribution in [2.75, 3.05) is 19.8 Å². The highest BCUT2D eigenvalue weighted by Gasteiger charge is 2.68. The van der Waals surface area contributed by atoms with Crippen molar-refractivity contribution in [2.24, 2.45) is 28.6 Å². The van der Waals surface area contributed by atoms with Crippen molar-refractivity contribution in [3.63, 3.8) is 0 Å². The van der Waals surface area contributed by atoms with Gasteiger partial charge in [0.15, 0.2) is 12.4 Å². The molecule has 220 valence electrons. The third-order valence-corrected chi connectivity index (χ3v) is 9.40. The van der Waals surface area contributed by atoms with Crippen LogP contribution in [0.25, 0.3) is 0 Å². The third kappa shape index (κ3) is 5.47. The van der Waals surface area contributed by atoms with Gasteiger partial charge in [-0.15, -0.1) is 0 Å². The molecule has 0 saturated heterocycles. The summed E-state index contributed by atoms with van der Waals surface area (Å²) in [5, 5.41) is 14.2. The van der Waals surface area contributed by atoms with Crippen molar-refractivity contribution >= 4 is 29.6 Å². The van der Waals surface area contributed by atoms with E-state index in [2.05, 4.69) is 5.32 Å². The molecular weight excluding hydrogens is 518 g/mol. The van der Waals surface area contributed by atoms with E-state index in [-0.39, 0.29) is 55.3 Å². The maximum absolute atomic E-state index is 13.7. The Morgan fingerprint density at radius 1 is 1.12 bits per heavy atom. The van der Waals surface area contributed by atoms with E-state index in [0.29, 0.717) is 19.3 Å². The summed E-state index contributed by atoms with van der Waals surface area (Å²) < 4.78 is 15.1. The zero-order valence-electron chi connectivity index (χ0n) is 24.0. The minimum Gasteiger partial charge on any atom is -0.444 e. The number of fused-ring (bicyclic) bond motifs is 5. The van der Waals surface area contributed by atoms with Crippen molar-refractivity contribution < 1.29 is 43.3 Å². The molecule has 0 radical (unpaired) electrons. The summed E-state index contributed by atoms with van der Waals surface area (Å²) in [6.45, 7) is 8.59. The van der Waals surface area contributed by atoms with E-state index in [9.17, 15) is 29.1 Å².